The Morgan fingerprint density at radius 2 is 1.66 bits per heavy atom. The Bertz CT molecular complexity index is 1190. The van der Waals surface area contributed by atoms with Crippen molar-refractivity contribution in [1.29, 1.82) is 0 Å². The maximum Gasteiger partial charge on any atom is 0.415 e. The fourth-order valence-electron chi connectivity index (χ4n) is 3.61. The van der Waals surface area contributed by atoms with Crippen molar-refractivity contribution in [2.45, 2.75) is 20.0 Å². The molecule has 10 heteroatoms. The summed E-state index contributed by atoms with van der Waals surface area (Å²) in [5.74, 6) is -2.94. The van der Waals surface area contributed by atoms with Gasteiger partial charge in [-0.15, -0.1) is 11.3 Å². The highest BCUT2D eigenvalue weighted by Gasteiger charge is 2.32. The van der Waals surface area contributed by atoms with Crippen LogP contribution in [0.4, 0.5) is 24.3 Å². The van der Waals surface area contributed by atoms with Crippen molar-refractivity contribution in [3.05, 3.63) is 70.8 Å². The Labute approximate surface area is 206 Å². The number of hydrogen-bond acceptors (Lipinski definition) is 6. The van der Waals surface area contributed by atoms with Crippen LogP contribution in [-0.4, -0.2) is 49.8 Å². The van der Waals surface area contributed by atoms with Crippen LogP contribution < -0.4 is 10.2 Å². The number of ether oxygens (including phenoxy) is 1. The Morgan fingerprint density at radius 1 is 1.03 bits per heavy atom. The van der Waals surface area contributed by atoms with Gasteiger partial charge in [-0.25, -0.2) is 18.4 Å². The van der Waals surface area contributed by atoms with E-state index in [0.717, 1.165) is 39.6 Å². The minimum Gasteiger partial charge on any atom is -0.478 e. The van der Waals surface area contributed by atoms with Crippen LogP contribution in [-0.2, 0) is 17.8 Å². The number of carboxylic acids is 1. The quantitative estimate of drug-likeness (QED) is 0.392. The number of halogens is 2. The highest BCUT2D eigenvalue weighted by molar-refractivity contribution is 7.20. The number of aromatic carboxylic acids is 1. The lowest BCUT2D eigenvalue weighted by Crippen LogP contribution is -2.32. The van der Waals surface area contributed by atoms with E-state index in [1.807, 2.05) is 29.2 Å². The van der Waals surface area contributed by atoms with Crippen LogP contribution >= 0.6 is 11.3 Å². The van der Waals surface area contributed by atoms with Crippen molar-refractivity contribution in [3.63, 3.8) is 0 Å². The molecule has 7 nitrogen and oxygen atoms in total. The molecule has 0 spiro atoms. The van der Waals surface area contributed by atoms with Crippen molar-refractivity contribution in [2.24, 2.45) is 0 Å². The van der Waals surface area contributed by atoms with Gasteiger partial charge in [-0.2, -0.15) is 0 Å². The van der Waals surface area contributed by atoms with E-state index >= 15 is 0 Å². The molecule has 1 aromatic heterocycles. The van der Waals surface area contributed by atoms with Gasteiger partial charge >= 0.3 is 12.1 Å². The molecule has 0 unspecified atom stereocenters. The van der Waals surface area contributed by atoms with Gasteiger partial charge in [0.15, 0.2) is 0 Å². The summed E-state index contributed by atoms with van der Waals surface area (Å²) in [6, 6.07) is 10.8. The van der Waals surface area contributed by atoms with Crippen molar-refractivity contribution in [3.8, 4) is 10.4 Å². The molecule has 0 aliphatic heterocycles. The molecule has 0 saturated carbocycles. The number of carbonyl (C=O) groups excluding carboxylic acids is 1. The fraction of sp³-hybridized carbons (Fsp3) is 0.280. The Hall–Kier alpha value is -3.50. The first-order valence-corrected chi connectivity index (χ1v) is 11.7. The molecule has 1 heterocycles. The van der Waals surface area contributed by atoms with Gasteiger partial charge < -0.3 is 20.1 Å². The number of benzene rings is 2. The molecule has 0 aliphatic carbocycles. The van der Waals surface area contributed by atoms with Crippen LogP contribution in [0.5, 0.6) is 0 Å². The lowest BCUT2D eigenvalue weighted by Gasteiger charge is -2.22. The molecule has 0 fully saturated rings. The molecule has 0 atom stereocenters. The van der Waals surface area contributed by atoms with E-state index in [4.69, 9.17) is 4.74 Å². The summed E-state index contributed by atoms with van der Waals surface area (Å²) in [4.78, 5) is 28.9. The average Bonchev–Trinajstić information content (AvgIpc) is 3.17. The smallest absolute Gasteiger partial charge is 0.415 e. The van der Waals surface area contributed by atoms with Crippen LogP contribution in [0.2, 0.25) is 0 Å². The number of thiophene rings is 1. The van der Waals surface area contributed by atoms with Gasteiger partial charge in [0.2, 0.25) is 0 Å². The Kier molecular flexibility index (Phi) is 8.42. The molecular weight excluding hydrogens is 476 g/mol. The van der Waals surface area contributed by atoms with E-state index in [0.29, 0.717) is 10.4 Å². The van der Waals surface area contributed by atoms with Gasteiger partial charge in [0.1, 0.15) is 16.6 Å². The number of nitrogens with zero attached hydrogens (tertiary/aromatic N) is 2. The van der Waals surface area contributed by atoms with Gasteiger partial charge in [-0.1, -0.05) is 18.2 Å². The lowest BCUT2D eigenvalue weighted by molar-refractivity contribution is 0.0696. The van der Waals surface area contributed by atoms with Crippen molar-refractivity contribution in [1.82, 2.24) is 4.90 Å². The Balaban J connectivity index is 2.25. The third-order valence-corrected chi connectivity index (χ3v) is 6.53. The zero-order valence-corrected chi connectivity index (χ0v) is 20.7. The van der Waals surface area contributed by atoms with Crippen LogP contribution in [0.3, 0.4) is 0 Å². The first-order valence-electron chi connectivity index (χ1n) is 10.9. The largest absolute Gasteiger partial charge is 0.478 e. The minimum absolute atomic E-state index is 0.00571. The summed E-state index contributed by atoms with van der Waals surface area (Å²) >= 11 is 1.07. The molecule has 3 rings (SSSR count). The molecule has 0 radical (unpaired) electrons. The highest BCUT2D eigenvalue weighted by Crippen LogP contribution is 2.44. The fourth-order valence-corrected chi connectivity index (χ4v) is 4.91. The predicted molar refractivity (Wildman–Crippen MR) is 133 cm³/mol. The maximum absolute atomic E-state index is 14.5. The van der Waals surface area contributed by atoms with Gasteiger partial charge in [0.25, 0.3) is 0 Å². The van der Waals surface area contributed by atoms with Gasteiger partial charge in [0.05, 0.1) is 18.7 Å². The highest BCUT2D eigenvalue weighted by atomic mass is 32.1. The first kappa shape index (κ1) is 26.1. The molecule has 1 amide bonds. The summed E-state index contributed by atoms with van der Waals surface area (Å²) in [6.07, 6.45) is -0.896. The summed E-state index contributed by atoms with van der Waals surface area (Å²) < 4.78 is 34.1. The summed E-state index contributed by atoms with van der Waals surface area (Å²) in [6.45, 7) is 1.34. The summed E-state index contributed by atoms with van der Waals surface area (Å²) in [7, 11) is 5.39. The number of amides is 1. The Morgan fingerprint density at radius 3 is 2.17 bits per heavy atom. The van der Waals surface area contributed by atoms with Gasteiger partial charge in [-0.3, -0.25) is 4.90 Å². The second kappa shape index (κ2) is 11.3. The first-order chi connectivity index (χ1) is 16.7. The van der Waals surface area contributed by atoms with Gasteiger partial charge in [-0.05, 0) is 50.8 Å². The maximum atomic E-state index is 14.5. The third kappa shape index (κ3) is 5.77. The van der Waals surface area contributed by atoms with E-state index < -0.39 is 30.2 Å². The zero-order valence-electron chi connectivity index (χ0n) is 19.9. The SMILES string of the molecule is CCOC(=O)N(Cc1c(F)cccc1F)c1sc(-c2ccc(NC)cc2)c(CN(C)C)c1C(=O)O. The molecule has 2 aromatic carbocycles. The van der Waals surface area contributed by atoms with E-state index in [-0.39, 0.29) is 29.3 Å². The normalized spacial score (nSPS) is 10.9. The van der Waals surface area contributed by atoms with Crippen LogP contribution in [0, 0.1) is 11.6 Å². The van der Waals surface area contributed by atoms with E-state index in [9.17, 15) is 23.5 Å². The average molecular weight is 504 g/mol. The van der Waals surface area contributed by atoms with E-state index in [1.165, 1.54) is 6.07 Å². The van der Waals surface area contributed by atoms with E-state index in [1.54, 1.807) is 28.1 Å². The number of nitrogens with one attached hydrogen (secondary N) is 1. The van der Waals surface area contributed by atoms with Gasteiger partial charge in [0, 0.05) is 35.3 Å². The van der Waals surface area contributed by atoms with Crippen molar-refractivity contribution in [2.75, 3.05) is 38.0 Å². The van der Waals surface area contributed by atoms with Crippen molar-refractivity contribution >= 4 is 34.1 Å². The summed E-state index contributed by atoms with van der Waals surface area (Å²) in [5, 5.41) is 13.3. The molecule has 0 bridgehead atoms. The molecule has 3 aromatic rings. The number of hydrogen-bond donors (Lipinski definition) is 2. The molecule has 35 heavy (non-hydrogen) atoms. The third-order valence-electron chi connectivity index (χ3n) is 5.22. The second-order valence-electron chi connectivity index (χ2n) is 7.95. The molecule has 2 N–H and O–H groups in total. The zero-order chi connectivity index (χ0) is 25.7. The summed E-state index contributed by atoms with van der Waals surface area (Å²) in [5.41, 5.74) is 1.64. The molecule has 0 saturated heterocycles. The standard InChI is InChI=1S/C25H27F2N3O4S/c1-5-34-25(33)30(14-17-19(26)7-6-8-20(17)27)23-21(24(31)32)18(13-29(3)4)22(35-23)15-9-11-16(28-2)12-10-15/h6-12,28H,5,13-14H2,1-4H3,(H,31,32). The van der Waals surface area contributed by atoms with Crippen molar-refractivity contribution < 1.29 is 28.2 Å². The lowest BCUT2D eigenvalue weighted by atomic mass is 10.0. The minimum atomic E-state index is -1.26. The number of anilines is 2. The topological polar surface area (TPSA) is 82.1 Å². The van der Waals surface area contributed by atoms with Crippen LogP contribution in [0.25, 0.3) is 10.4 Å². The number of carboxylic acid groups (broad SMARTS) is 1. The van der Waals surface area contributed by atoms with Crippen LogP contribution in [0.15, 0.2) is 42.5 Å². The monoisotopic (exact) mass is 503 g/mol. The van der Waals surface area contributed by atoms with Crippen LogP contribution in [0.1, 0.15) is 28.4 Å². The second-order valence-corrected chi connectivity index (χ2v) is 8.94. The number of carbonyl (C=O) groups is 2. The molecule has 186 valence electrons. The molecule has 0 aliphatic rings. The molecular formula is C25H27F2N3O4S. The number of rotatable bonds is 9. The van der Waals surface area contributed by atoms with E-state index in [2.05, 4.69) is 5.32 Å². The predicted octanol–water partition coefficient (Wildman–Crippen LogP) is 5.66.